The molecule has 2 aromatic rings. The van der Waals surface area contributed by atoms with Gasteiger partial charge in [-0.1, -0.05) is 48.9 Å². The Hall–Kier alpha value is -1.94. The Balaban J connectivity index is 1.62. The topological polar surface area (TPSA) is 42.7 Å². The van der Waals surface area contributed by atoms with E-state index in [-0.39, 0.29) is 0 Å². The molecule has 3 rings (SSSR count). The molecular formula is C20H28N4. The fraction of sp³-hybridized carbons (Fsp3) is 0.500. The molecule has 1 aromatic carbocycles. The summed E-state index contributed by atoms with van der Waals surface area (Å²) in [5.74, 6) is 0. The number of aromatic nitrogens is 3. The van der Waals surface area contributed by atoms with Crippen LogP contribution < -0.4 is 5.32 Å². The lowest BCUT2D eigenvalue weighted by Crippen LogP contribution is -2.16. The molecule has 0 fully saturated rings. The van der Waals surface area contributed by atoms with Crippen molar-refractivity contribution in [1.82, 2.24) is 20.3 Å². The first-order valence-electron chi connectivity index (χ1n) is 9.25. The van der Waals surface area contributed by atoms with Gasteiger partial charge in [0.25, 0.3) is 0 Å². The maximum Gasteiger partial charge on any atom is 0.117 e. The van der Waals surface area contributed by atoms with Crippen molar-refractivity contribution in [3.05, 3.63) is 47.7 Å². The third-order valence-corrected chi connectivity index (χ3v) is 4.50. The van der Waals surface area contributed by atoms with Gasteiger partial charge in [0.05, 0.1) is 6.54 Å². The van der Waals surface area contributed by atoms with E-state index in [1.165, 1.54) is 25.7 Å². The van der Waals surface area contributed by atoms with Crippen LogP contribution in [0.4, 0.5) is 0 Å². The lowest BCUT2D eigenvalue weighted by molar-refractivity contribution is 0.520. The molecule has 0 saturated carbocycles. The van der Waals surface area contributed by atoms with Gasteiger partial charge in [0.2, 0.25) is 0 Å². The molecule has 0 bridgehead atoms. The quantitative estimate of drug-likeness (QED) is 0.580. The maximum absolute atomic E-state index is 4.69. The second-order valence-electron chi connectivity index (χ2n) is 6.49. The van der Waals surface area contributed by atoms with Crippen LogP contribution in [0.15, 0.2) is 42.0 Å². The fourth-order valence-corrected chi connectivity index (χ4v) is 3.21. The van der Waals surface area contributed by atoms with Crippen LogP contribution in [0.25, 0.3) is 11.3 Å². The largest absolute Gasteiger partial charge is 0.311 e. The van der Waals surface area contributed by atoms with E-state index in [1.54, 1.807) is 5.57 Å². The van der Waals surface area contributed by atoms with E-state index in [9.17, 15) is 0 Å². The van der Waals surface area contributed by atoms with Crippen LogP contribution in [0.3, 0.4) is 0 Å². The molecule has 1 N–H and O–H groups in total. The van der Waals surface area contributed by atoms with Crippen molar-refractivity contribution in [3.63, 3.8) is 0 Å². The zero-order chi connectivity index (χ0) is 16.6. The van der Waals surface area contributed by atoms with Gasteiger partial charge in [0.1, 0.15) is 11.4 Å². The van der Waals surface area contributed by atoms with E-state index >= 15 is 0 Å². The van der Waals surface area contributed by atoms with Gasteiger partial charge in [0.15, 0.2) is 0 Å². The van der Waals surface area contributed by atoms with E-state index in [2.05, 4.69) is 47.7 Å². The van der Waals surface area contributed by atoms with Crippen molar-refractivity contribution in [3.8, 4) is 11.3 Å². The molecule has 0 amide bonds. The van der Waals surface area contributed by atoms with Crippen molar-refractivity contribution in [2.45, 2.75) is 58.5 Å². The average Bonchev–Trinajstić information content (AvgIpc) is 3.03. The Morgan fingerprint density at radius 1 is 1.12 bits per heavy atom. The SMILES string of the molecule is CCCn1nc(CNCCC2=CCCCC2)c(-c2ccccc2)n1. The first kappa shape index (κ1) is 16.9. The van der Waals surface area contributed by atoms with Crippen molar-refractivity contribution in [2.24, 2.45) is 0 Å². The van der Waals surface area contributed by atoms with Crippen LogP contribution in [0, 0.1) is 0 Å². The number of nitrogens with zero attached hydrogens (tertiary/aromatic N) is 3. The van der Waals surface area contributed by atoms with Crippen LogP contribution in [0.1, 0.15) is 51.1 Å². The summed E-state index contributed by atoms with van der Waals surface area (Å²) in [5.41, 5.74) is 4.82. The predicted octanol–water partition coefficient (Wildman–Crippen LogP) is 4.34. The third-order valence-electron chi connectivity index (χ3n) is 4.50. The summed E-state index contributed by atoms with van der Waals surface area (Å²) >= 11 is 0. The minimum Gasteiger partial charge on any atom is -0.311 e. The Bertz CT molecular complexity index is 658. The van der Waals surface area contributed by atoms with Gasteiger partial charge in [-0.3, -0.25) is 0 Å². The van der Waals surface area contributed by atoms with Crippen molar-refractivity contribution in [1.29, 1.82) is 0 Å². The molecule has 0 saturated heterocycles. The Morgan fingerprint density at radius 2 is 2.00 bits per heavy atom. The number of hydrogen-bond acceptors (Lipinski definition) is 3. The number of rotatable bonds is 8. The summed E-state index contributed by atoms with van der Waals surface area (Å²) in [4.78, 5) is 1.84. The molecule has 4 nitrogen and oxygen atoms in total. The second-order valence-corrected chi connectivity index (χ2v) is 6.49. The molecule has 0 atom stereocenters. The van der Waals surface area contributed by atoms with Gasteiger partial charge in [0, 0.05) is 12.1 Å². The number of nitrogens with one attached hydrogen (secondary N) is 1. The van der Waals surface area contributed by atoms with Crippen molar-refractivity contribution in [2.75, 3.05) is 6.54 Å². The summed E-state index contributed by atoms with van der Waals surface area (Å²) in [6, 6.07) is 10.4. The minimum atomic E-state index is 0.779. The highest BCUT2D eigenvalue weighted by molar-refractivity contribution is 5.60. The Morgan fingerprint density at radius 3 is 2.75 bits per heavy atom. The highest BCUT2D eigenvalue weighted by atomic mass is 15.5. The summed E-state index contributed by atoms with van der Waals surface area (Å²) in [7, 11) is 0. The van der Waals surface area contributed by atoms with Gasteiger partial charge < -0.3 is 5.32 Å². The van der Waals surface area contributed by atoms with Crippen LogP contribution >= 0.6 is 0 Å². The minimum absolute atomic E-state index is 0.779. The highest BCUT2D eigenvalue weighted by Crippen LogP contribution is 2.21. The summed E-state index contributed by atoms with van der Waals surface area (Å²) in [6.07, 6.45) is 9.89. The second kappa shape index (κ2) is 8.78. The standard InChI is InChI=1S/C20H28N4/c1-2-15-24-22-19(20(23-24)18-11-7-4-8-12-18)16-21-14-13-17-9-5-3-6-10-17/h4,7-9,11-12,21H,2-3,5-6,10,13-16H2,1H3. The normalized spacial score (nSPS) is 14.6. The molecule has 0 spiro atoms. The Labute approximate surface area is 145 Å². The Kier molecular flexibility index (Phi) is 6.19. The number of aryl methyl sites for hydroxylation is 1. The molecule has 1 aromatic heterocycles. The number of hydrogen-bond donors (Lipinski definition) is 1. The molecule has 0 radical (unpaired) electrons. The summed E-state index contributed by atoms with van der Waals surface area (Å²) in [6.45, 7) is 4.82. The fourth-order valence-electron chi connectivity index (χ4n) is 3.21. The third kappa shape index (κ3) is 4.54. The van der Waals surface area contributed by atoms with E-state index in [1.807, 2.05) is 10.9 Å². The molecule has 128 valence electrons. The van der Waals surface area contributed by atoms with E-state index in [0.29, 0.717) is 0 Å². The molecule has 24 heavy (non-hydrogen) atoms. The molecule has 1 aliphatic carbocycles. The zero-order valence-corrected chi connectivity index (χ0v) is 14.7. The van der Waals surface area contributed by atoms with E-state index < -0.39 is 0 Å². The molecule has 4 heteroatoms. The van der Waals surface area contributed by atoms with Crippen molar-refractivity contribution < 1.29 is 0 Å². The smallest absolute Gasteiger partial charge is 0.117 e. The zero-order valence-electron chi connectivity index (χ0n) is 14.7. The first-order chi connectivity index (χ1) is 11.9. The van der Waals surface area contributed by atoms with Crippen LogP contribution in [0.2, 0.25) is 0 Å². The molecule has 0 unspecified atom stereocenters. The number of benzene rings is 1. The monoisotopic (exact) mass is 324 g/mol. The van der Waals surface area contributed by atoms with Gasteiger partial charge in [-0.25, -0.2) is 0 Å². The lowest BCUT2D eigenvalue weighted by atomic mass is 9.97. The van der Waals surface area contributed by atoms with Crippen LogP contribution in [0.5, 0.6) is 0 Å². The first-order valence-corrected chi connectivity index (χ1v) is 9.25. The molecule has 1 heterocycles. The predicted molar refractivity (Wildman–Crippen MR) is 98.6 cm³/mol. The number of allylic oxidation sites excluding steroid dienone is 1. The van der Waals surface area contributed by atoms with Crippen molar-refractivity contribution >= 4 is 0 Å². The van der Waals surface area contributed by atoms with Gasteiger partial charge in [-0.15, -0.1) is 0 Å². The highest BCUT2D eigenvalue weighted by Gasteiger charge is 2.12. The lowest BCUT2D eigenvalue weighted by Gasteiger charge is -2.12. The molecule has 1 aliphatic rings. The van der Waals surface area contributed by atoms with Gasteiger partial charge in [-0.2, -0.15) is 15.0 Å². The average molecular weight is 324 g/mol. The summed E-state index contributed by atoms with van der Waals surface area (Å²) < 4.78 is 0. The van der Waals surface area contributed by atoms with E-state index in [0.717, 1.165) is 49.4 Å². The van der Waals surface area contributed by atoms with Gasteiger partial charge in [-0.05, 0) is 45.1 Å². The molecular weight excluding hydrogens is 296 g/mol. The maximum atomic E-state index is 4.69. The van der Waals surface area contributed by atoms with Crippen LogP contribution in [-0.2, 0) is 13.1 Å². The van der Waals surface area contributed by atoms with Gasteiger partial charge >= 0.3 is 0 Å². The van der Waals surface area contributed by atoms with E-state index in [4.69, 9.17) is 5.10 Å². The van der Waals surface area contributed by atoms with Crippen LogP contribution in [-0.4, -0.2) is 21.5 Å². The summed E-state index contributed by atoms with van der Waals surface area (Å²) in [5, 5.41) is 12.9. The molecule has 0 aliphatic heterocycles.